The van der Waals surface area contributed by atoms with Crippen LogP contribution in [0.1, 0.15) is 29.7 Å². The van der Waals surface area contributed by atoms with Crippen LogP contribution in [0.15, 0.2) is 71.6 Å². The first-order chi connectivity index (χ1) is 13.8. The third-order valence-corrected chi connectivity index (χ3v) is 7.51. The van der Waals surface area contributed by atoms with Gasteiger partial charge in [0.05, 0.1) is 9.82 Å². The number of nitro benzene ring substituents is 1. The Balaban J connectivity index is 1.62. The van der Waals surface area contributed by atoms with E-state index in [2.05, 4.69) is 24.3 Å². The van der Waals surface area contributed by atoms with Gasteiger partial charge in [0.1, 0.15) is 0 Å². The van der Waals surface area contributed by atoms with Crippen LogP contribution in [0.4, 0.5) is 5.69 Å². The Morgan fingerprint density at radius 1 is 0.966 bits per heavy atom. The van der Waals surface area contributed by atoms with Crippen molar-refractivity contribution in [2.24, 2.45) is 0 Å². The van der Waals surface area contributed by atoms with Gasteiger partial charge in [0.2, 0.25) is 10.0 Å². The summed E-state index contributed by atoms with van der Waals surface area (Å²) < 4.78 is 27.3. The monoisotopic (exact) mass is 408 g/mol. The van der Waals surface area contributed by atoms with Crippen LogP contribution in [0.5, 0.6) is 0 Å². The largest absolute Gasteiger partial charge is 0.269 e. The number of non-ortho nitro benzene ring substituents is 1. The third-order valence-electron chi connectivity index (χ3n) is 5.57. The highest BCUT2D eigenvalue weighted by Gasteiger charge is 2.28. The van der Waals surface area contributed by atoms with Crippen LogP contribution < -0.4 is 0 Å². The maximum atomic E-state index is 13.0. The number of hydrogen-bond acceptors (Lipinski definition) is 4. The summed E-state index contributed by atoms with van der Waals surface area (Å²) in [5.74, 6) is 0. The molecule has 0 radical (unpaired) electrons. The van der Waals surface area contributed by atoms with Gasteiger partial charge in [-0.2, -0.15) is 4.31 Å². The van der Waals surface area contributed by atoms with E-state index in [-0.39, 0.29) is 16.6 Å². The molecule has 0 saturated heterocycles. The van der Waals surface area contributed by atoms with Crippen molar-refractivity contribution in [2.75, 3.05) is 7.05 Å². The molecule has 0 amide bonds. The topological polar surface area (TPSA) is 80.5 Å². The van der Waals surface area contributed by atoms with E-state index in [1.54, 1.807) is 0 Å². The van der Waals surface area contributed by atoms with Crippen LogP contribution in [-0.4, -0.2) is 24.7 Å². The van der Waals surface area contributed by atoms with Crippen molar-refractivity contribution in [3.63, 3.8) is 0 Å². The van der Waals surface area contributed by atoms with Gasteiger partial charge in [0.25, 0.3) is 5.69 Å². The van der Waals surface area contributed by atoms with Gasteiger partial charge in [-0.25, -0.2) is 8.42 Å². The smallest absolute Gasteiger partial charge is 0.258 e. The zero-order valence-corrected chi connectivity index (χ0v) is 16.9. The summed E-state index contributed by atoms with van der Waals surface area (Å²) in [4.78, 5) is 10.3. The Morgan fingerprint density at radius 3 is 2.31 bits per heavy atom. The Kier molecular flexibility index (Phi) is 4.72. The average molecular weight is 408 g/mol. The molecule has 3 aromatic carbocycles. The van der Waals surface area contributed by atoms with Crippen molar-refractivity contribution >= 4 is 15.7 Å². The highest BCUT2D eigenvalue weighted by atomic mass is 32.2. The fraction of sp³-hybridized carbons (Fsp3) is 0.182. The summed E-state index contributed by atoms with van der Waals surface area (Å²) in [6.07, 6.45) is 0.838. The maximum Gasteiger partial charge on any atom is 0.269 e. The minimum atomic E-state index is -3.79. The normalized spacial score (nSPS) is 13.8. The molecule has 0 heterocycles. The lowest BCUT2D eigenvalue weighted by Gasteiger charge is -2.25. The molecule has 148 valence electrons. The van der Waals surface area contributed by atoms with Gasteiger partial charge in [-0.15, -0.1) is 0 Å². The van der Waals surface area contributed by atoms with Crippen LogP contribution in [0.2, 0.25) is 0 Å². The van der Waals surface area contributed by atoms with Gasteiger partial charge in [0.15, 0.2) is 0 Å². The summed E-state index contributed by atoms with van der Waals surface area (Å²) in [5, 5.41) is 10.8. The van der Waals surface area contributed by atoms with Crippen LogP contribution in [0, 0.1) is 10.1 Å². The minimum Gasteiger partial charge on any atom is -0.258 e. The van der Waals surface area contributed by atoms with E-state index < -0.39 is 14.9 Å². The zero-order valence-electron chi connectivity index (χ0n) is 16.1. The first-order valence-electron chi connectivity index (χ1n) is 9.22. The summed E-state index contributed by atoms with van der Waals surface area (Å²) >= 11 is 0. The fourth-order valence-electron chi connectivity index (χ4n) is 3.75. The van der Waals surface area contributed by atoms with Crippen molar-refractivity contribution in [3.05, 3.63) is 93.5 Å². The highest BCUT2D eigenvalue weighted by molar-refractivity contribution is 7.89. The van der Waals surface area contributed by atoms with Crippen molar-refractivity contribution in [1.29, 1.82) is 0 Å². The quantitative estimate of drug-likeness (QED) is 0.358. The SMILES string of the molecule is C[C@H](c1ccc2c(c1)Cc1ccccc1-2)N(C)S(=O)(=O)c1ccc([N+](=O)[O-])cc1. The number of fused-ring (bicyclic) bond motifs is 3. The zero-order chi connectivity index (χ0) is 20.8. The van der Waals surface area contributed by atoms with Crippen molar-refractivity contribution < 1.29 is 13.3 Å². The van der Waals surface area contributed by atoms with E-state index in [1.807, 2.05) is 25.1 Å². The Bertz CT molecular complexity index is 1200. The molecule has 0 aromatic heterocycles. The Hall–Kier alpha value is -3.03. The molecule has 1 aliphatic carbocycles. The second-order valence-corrected chi connectivity index (χ2v) is 9.20. The second kappa shape index (κ2) is 7.09. The molecule has 3 aromatic rings. The number of rotatable bonds is 5. The summed E-state index contributed by atoms with van der Waals surface area (Å²) in [7, 11) is -2.25. The van der Waals surface area contributed by atoms with Gasteiger partial charge < -0.3 is 0 Å². The summed E-state index contributed by atoms with van der Waals surface area (Å²) in [6, 6.07) is 18.9. The van der Waals surface area contributed by atoms with Gasteiger partial charge in [0, 0.05) is 25.2 Å². The van der Waals surface area contributed by atoms with Gasteiger partial charge in [-0.3, -0.25) is 10.1 Å². The van der Waals surface area contributed by atoms with Crippen molar-refractivity contribution in [1.82, 2.24) is 4.31 Å². The number of benzene rings is 3. The summed E-state index contributed by atoms with van der Waals surface area (Å²) in [5.41, 5.74) is 5.66. The molecule has 7 heteroatoms. The third kappa shape index (κ3) is 3.32. The molecule has 0 bridgehead atoms. The van der Waals surface area contributed by atoms with Crippen molar-refractivity contribution in [3.8, 4) is 11.1 Å². The lowest BCUT2D eigenvalue weighted by Crippen LogP contribution is -2.29. The van der Waals surface area contributed by atoms with E-state index in [0.29, 0.717) is 0 Å². The molecular formula is C22H20N2O4S. The number of hydrogen-bond donors (Lipinski definition) is 0. The fourth-order valence-corrected chi connectivity index (χ4v) is 5.10. The predicted octanol–water partition coefficient (Wildman–Crippen LogP) is 4.55. The van der Waals surface area contributed by atoms with E-state index >= 15 is 0 Å². The predicted molar refractivity (Wildman–Crippen MR) is 111 cm³/mol. The number of nitrogens with zero attached hydrogens (tertiary/aromatic N) is 2. The van der Waals surface area contributed by atoms with E-state index in [4.69, 9.17) is 0 Å². The van der Waals surface area contributed by atoms with Crippen molar-refractivity contribution in [2.45, 2.75) is 24.3 Å². The van der Waals surface area contributed by atoms with Gasteiger partial charge >= 0.3 is 0 Å². The Labute approximate surface area is 169 Å². The molecular weight excluding hydrogens is 388 g/mol. The second-order valence-electron chi connectivity index (χ2n) is 7.20. The van der Waals surface area contributed by atoms with Crippen LogP contribution >= 0.6 is 0 Å². The molecule has 0 N–H and O–H groups in total. The number of nitro groups is 1. The lowest BCUT2D eigenvalue weighted by molar-refractivity contribution is -0.384. The molecule has 6 nitrogen and oxygen atoms in total. The molecule has 4 rings (SSSR count). The highest BCUT2D eigenvalue weighted by Crippen LogP contribution is 2.38. The average Bonchev–Trinajstić information content (AvgIpc) is 3.10. The first kappa shape index (κ1) is 19.3. The Morgan fingerprint density at radius 2 is 1.62 bits per heavy atom. The van der Waals surface area contributed by atoms with Crippen LogP contribution in [0.3, 0.4) is 0 Å². The number of sulfonamides is 1. The first-order valence-corrected chi connectivity index (χ1v) is 10.7. The van der Waals surface area contributed by atoms with E-state index in [0.717, 1.165) is 12.0 Å². The molecule has 0 aliphatic heterocycles. The van der Waals surface area contributed by atoms with E-state index in [1.165, 1.54) is 57.9 Å². The van der Waals surface area contributed by atoms with Gasteiger partial charge in [-0.05, 0) is 53.3 Å². The molecule has 1 aliphatic rings. The molecule has 0 unspecified atom stereocenters. The van der Waals surface area contributed by atoms with E-state index in [9.17, 15) is 18.5 Å². The maximum absolute atomic E-state index is 13.0. The van der Waals surface area contributed by atoms with Gasteiger partial charge in [-0.1, -0.05) is 42.5 Å². The summed E-state index contributed by atoms with van der Waals surface area (Å²) in [6.45, 7) is 1.84. The molecule has 0 saturated carbocycles. The standard InChI is InChI=1S/C22H20N2O4S/c1-15(23(2)29(27,28)20-10-8-19(9-11-20)24(25)26)16-7-12-22-18(13-16)14-17-5-3-4-6-21(17)22/h3-13,15H,14H2,1-2H3/t15-/m1/s1. The van der Waals surface area contributed by atoms with Crippen LogP contribution in [0.25, 0.3) is 11.1 Å². The van der Waals surface area contributed by atoms with Crippen LogP contribution in [-0.2, 0) is 16.4 Å². The molecule has 1 atom stereocenters. The molecule has 29 heavy (non-hydrogen) atoms. The molecule has 0 fully saturated rings. The molecule has 0 spiro atoms. The lowest BCUT2D eigenvalue weighted by atomic mass is 10.0. The minimum absolute atomic E-state index is 0.0333.